The summed E-state index contributed by atoms with van der Waals surface area (Å²) in [7, 11) is 0. The summed E-state index contributed by atoms with van der Waals surface area (Å²) in [6.45, 7) is 10.9. The van der Waals surface area contributed by atoms with Crippen molar-refractivity contribution in [2.24, 2.45) is 0 Å². The predicted octanol–water partition coefficient (Wildman–Crippen LogP) is 3.13. The first-order valence-electron chi connectivity index (χ1n) is 6.66. The second-order valence-electron chi connectivity index (χ2n) is 4.58. The number of hydrogen-bond acceptors (Lipinski definition) is 3. The lowest BCUT2D eigenvalue weighted by atomic mass is 10.2. The first-order valence-corrected chi connectivity index (χ1v) is 7.45. The average Bonchev–Trinajstić information content (AvgIpc) is 2.71. The van der Waals surface area contributed by atoms with Crippen molar-refractivity contribution in [3.05, 3.63) is 16.4 Å². The summed E-state index contributed by atoms with van der Waals surface area (Å²) in [5.41, 5.74) is 1.17. The number of aryl methyl sites for hydroxylation is 1. The SMILES string of the molecule is CCCNC(COC(C)C)c1c(Br)cnn1CC. The molecule has 1 rings (SSSR count). The second-order valence-corrected chi connectivity index (χ2v) is 5.44. The third-order valence-electron chi connectivity index (χ3n) is 2.70. The molecule has 18 heavy (non-hydrogen) atoms. The fourth-order valence-electron chi connectivity index (χ4n) is 1.81. The molecule has 1 heterocycles. The lowest BCUT2D eigenvalue weighted by molar-refractivity contribution is 0.0593. The van der Waals surface area contributed by atoms with E-state index in [1.807, 2.05) is 10.9 Å². The topological polar surface area (TPSA) is 39.1 Å². The Morgan fingerprint density at radius 2 is 2.17 bits per heavy atom. The lowest BCUT2D eigenvalue weighted by Crippen LogP contribution is -2.30. The maximum absolute atomic E-state index is 5.75. The van der Waals surface area contributed by atoms with Crippen molar-refractivity contribution < 1.29 is 4.74 Å². The minimum absolute atomic E-state index is 0.184. The van der Waals surface area contributed by atoms with Gasteiger partial charge in [0.15, 0.2) is 0 Å². The van der Waals surface area contributed by atoms with Crippen LogP contribution in [0.15, 0.2) is 10.7 Å². The summed E-state index contributed by atoms with van der Waals surface area (Å²) in [5.74, 6) is 0. The van der Waals surface area contributed by atoms with Gasteiger partial charge < -0.3 is 10.1 Å². The van der Waals surface area contributed by atoms with E-state index in [0.29, 0.717) is 6.61 Å². The number of hydrogen-bond donors (Lipinski definition) is 1. The van der Waals surface area contributed by atoms with Gasteiger partial charge in [-0.15, -0.1) is 0 Å². The number of ether oxygens (including phenoxy) is 1. The fourth-order valence-corrected chi connectivity index (χ4v) is 2.38. The molecule has 1 N–H and O–H groups in total. The normalized spacial score (nSPS) is 13.2. The molecule has 1 atom stereocenters. The first kappa shape index (κ1) is 15.7. The molecule has 5 heteroatoms. The molecule has 0 radical (unpaired) electrons. The highest BCUT2D eigenvalue weighted by Crippen LogP contribution is 2.24. The van der Waals surface area contributed by atoms with Crippen LogP contribution in [0.5, 0.6) is 0 Å². The van der Waals surface area contributed by atoms with Gasteiger partial charge in [0.1, 0.15) is 0 Å². The van der Waals surface area contributed by atoms with Gasteiger partial charge in [0.2, 0.25) is 0 Å². The molecule has 0 bridgehead atoms. The van der Waals surface area contributed by atoms with E-state index in [9.17, 15) is 0 Å². The van der Waals surface area contributed by atoms with Crippen molar-refractivity contribution in [1.29, 1.82) is 0 Å². The molecular formula is C13H24BrN3O. The highest BCUT2D eigenvalue weighted by atomic mass is 79.9. The van der Waals surface area contributed by atoms with Crippen LogP contribution in [0, 0.1) is 0 Å². The van der Waals surface area contributed by atoms with Crippen LogP contribution in [-0.2, 0) is 11.3 Å². The molecule has 0 saturated heterocycles. The van der Waals surface area contributed by atoms with Crippen molar-refractivity contribution in [2.75, 3.05) is 13.2 Å². The van der Waals surface area contributed by atoms with E-state index in [0.717, 1.165) is 24.0 Å². The van der Waals surface area contributed by atoms with Crippen molar-refractivity contribution in [2.45, 2.75) is 52.8 Å². The molecule has 0 aliphatic carbocycles. The van der Waals surface area contributed by atoms with Gasteiger partial charge in [-0.3, -0.25) is 4.68 Å². The van der Waals surface area contributed by atoms with Gasteiger partial charge in [0.25, 0.3) is 0 Å². The maximum Gasteiger partial charge on any atom is 0.0741 e. The van der Waals surface area contributed by atoms with E-state index < -0.39 is 0 Å². The Morgan fingerprint density at radius 3 is 2.72 bits per heavy atom. The summed E-state index contributed by atoms with van der Waals surface area (Å²) in [6, 6.07) is 0.184. The summed E-state index contributed by atoms with van der Waals surface area (Å²) in [4.78, 5) is 0. The smallest absolute Gasteiger partial charge is 0.0741 e. The third kappa shape index (κ3) is 4.37. The van der Waals surface area contributed by atoms with Gasteiger partial charge in [0.05, 0.1) is 35.1 Å². The lowest BCUT2D eigenvalue weighted by Gasteiger charge is -2.21. The van der Waals surface area contributed by atoms with Gasteiger partial charge >= 0.3 is 0 Å². The van der Waals surface area contributed by atoms with Crippen LogP contribution in [-0.4, -0.2) is 29.0 Å². The molecule has 0 amide bonds. The van der Waals surface area contributed by atoms with Crippen LogP contribution >= 0.6 is 15.9 Å². The summed E-state index contributed by atoms with van der Waals surface area (Å²) in [5, 5.41) is 7.89. The van der Waals surface area contributed by atoms with E-state index in [1.54, 1.807) is 0 Å². The van der Waals surface area contributed by atoms with Crippen LogP contribution in [0.4, 0.5) is 0 Å². The van der Waals surface area contributed by atoms with Gasteiger partial charge in [-0.2, -0.15) is 5.10 Å². The standard InChI is InChI=1S/C13H24BrN3O/c1-5-7-15-12(9-18-10(3)4)13-11(14)8-16-17(13)6-2/h8,10,12,15H,5-7,9H2,1-4H3. The van der Waals surface area contributed by atoms with Crippen LogP contribution in [0.3, 0.4) is 0 Å². The van der Waals surface area contributed by atoms with Gasteiger partial charge in [-0.25, -0.2) is 0 Å². The van der Waals surface area contributed by atoms with Gasteiger partial charge in [0, 0.05) is 6.54 Å². The minimum atomic E-state index is 0.184. The minimum Gasteiger partial charge on any atom is -0.377 e. The highest BCUT2D eigenvalue weighted by Gasteiger charge is 2.19. The van der Waals surface area contributed by atoms with E-state index in [1.165, 1.54) is 5.69 Å². The van der Waals surface area contributed by atoms with E-state index >= 15 is 0 Å². The molecule has 0 fully saturated rings. The summed E-state index contributed by atoms with van der Waals surface area (Å²) >= 11 is 3.58. The molecular weight excluding hydrogens is 294 g/mol. The van der Waals surface area contributed by atoms with Crippen molar-refractivity contribution in [3.8, 4) is 0 Å². The van der Waals surface area contributed by atoms with Crippen molar-refractivity contribution in [1.82, 2.24) is 15.1 Å². The zero-order chi connectivity index (χ0) is 13.5. The number of halogens is 1. The Labute approximate surface area is 118 Å². The van der Waals surface area contributed by atoms with Crippen molar-refractivity contribution in [3.63, 3.8) is 0 Å². The fraction of sp³-hybridized carbons (Fsp3) is 0.769. The third-order valence-corrected chi connectivity index (χ3v) is 3.31. The Balaban J connectivity index is 2.82. The highest BCUT2D eigenvalue weighted by molar-refractivity contribution is 9.10. The quantitative estimate of drug-likeness (QED) is 0.800. The Kier molecular flexibility index (Phi) is 6.89. The monoisotopic (exact) mass is 317 g/mol. The maximum atomic E-state index is 5.75. The Morgan fingerprint density at radius 1 is 1.44 bits per heavy atom. The Bertz CT molecular complexity index is 352. The molecule has 0 aliphatic rings. The molecule has 0 saturated carbocycles. The molecule has 4 nitrogen and oxygen atoms in total. The number of aromatic nitrogens is 2. The van der Waals surface area contributed by atoms with Crippen LogP contribution in [0.1, 0.15) is 45.9 Å². The van der Waals surface area contributed by atoms with Crippen LogP contribution in [0.2, 0.25) is 0 Å². The summed E-state index contributed by atoms with van der Waals surface area (Å²) < 4.78 is 8.82. The second kappa shape index (κ2) is 7.92. The van der Waals surface area contributed by atoms with E-state index in [-0.39, 0.29) is 12.1 Å². The zero-order valence-corrected chi connectivity index (χ0v) is 13.3. The van der Waals surface area contributed by atoms with Gasteiger partial charge in [-0.1, -0.05) is 6.92 Å². The van der Waals surface area contributed by atoms with Crippen LogP contribution in [0.25, 0.3) is 0 Å². The zero-order valence-electron chi connectivity index (χ0n) is 11.7. The van der Waals surface area contributed by atoms with Crippen LogP contribution < -0.4 is 5.32 Å². The van der Waals surface area contributed by atoms with E-state index in [4.69, 9.17) is 4.74 Å². The number of rotatable bonds is 8. The Hall–Kier alpha value is -0.390. The average molecular weight is 318 g/mol. The molecule has 104 valence electrons. The summed E-state index contributed by atoms with van der Waals surface area (Å²) in [6.07, 6.45) is 3.21. The molecule has 0 spiro atoms. The molecule has 1 unspecified atom stereocenters. The number of nitrogens with one attached hydrogen (secondary N) is 1. The number of nitrogens with zero attached hydrogens (tertiary/aromatic N) is 2. The molecule has 1 aromatic rings. The predicted molar refractivity (Wildman–Crippen MR) is 77.7 cm³/mol. The largest absolute Gasteiger partial charge is 0.377 e. The van der Waals surface area contributed by atoms with Gasteiger partial charge in [-0.05, 0) is 49.7 Å². The van der Waals surface area contributed by atoms with E-state index in [2.05, 4.69) is 54.0 Å². The molecule has 0 aliphatic heterocycles. The van der Waals surface area contributed by atoms with Crippen molar-refractivity contribution >= 4 is 15.9 Å². The molecule has 1 aromatic heterocycles. The first-order chi connectivity index (χ1) is 8.60. The molecule has 0 aromatic carbocycles.